The van der Waals surface area contributed by atoms with Crippen LogP contribution < -0.4 is 4.74 Å². The minimum Gasteiger partial charge on any atom is -0.493 e. The van der Waals surface area contributed by atoms with Gasteiger partial charge in [-0.2, -0.15) is 0 Å². The highest BCUT2D eigenvalue weighted by atomic mass is 16.5. The van der Waals surface area contributed by atoms with Gasteiger partial charge in [0.2, 0.25) is 0 Å². The molecule has 1 saturated heterocycles. The first kappa shape index (κ1) is 12.7. The molecule has 3 nitrogen and oxygen atoms in total. The summed E-state index contributed by atoms with van der Waals surface area (Å²) in [6, 6.07) is 5.86. The van der Waals surface area contributed by atoms with E-state index in [1.54, 1.807) is 0 Å². The monoisotopic (exact) mass is 260 g/mol. The molecule has 0 atom stereocenters. The van der Waals surface area contributed by atoms with Crippen LogP contribution in [0.15, 0.2) is 18.2 Å². The van der Waals surface area contributed by atoms with Crippen LogP contribution in [0.4, 0.5) is 0 Å². The van der Waals surface area contributed by atoms with E-state index >= 15 is 0 Å². The van der Waals surface area contributed by atoms with Crippen molar-refractivity contribution in [1.29, 1.82) is 0 Å². The predicted octanol–water partition coefficient (Wildman–Crippen LogP) is 3.01. The molecular formula is C16H20O3. The highest BCUT2D eigenvalue weighted by molar-refractivity contribution is 5.99. The van der Waals surface area contributed by atoms with Crippen molar-refractivity contribution in [2.24, 2.45) is 5.92 Å². The van der Waals surface area contributed by atoms with Crippen molar-refractivity contribution in [3.8, 4) is 5.75 Å². The minimum absolute atomic E-state index is 0.262. The highest BCUT2D eigenvalue weighted by Gasteiger charge is 2.21. The lowest BCUT2D eigenvalue weighted by Gasteiger charge is -2.24. The van der Waals surface area contributed by atoms with Gasteiger partial charge in [0.25, 0.3) is 0 Å². The van der Waals surface area contributed by atoms with Gasteiger partial charge in [-0.25, -0.2) is 0 Å². The topological polar surface area (TPSA) is 35.5 Å². The summed E-state index contributed by atoms with van der Waals surface area (Å²) in [4.78, 5) is 11.9. The maximum atomic E-state index is 11.9. The van der Waals surface area contributed by atoms with Gasteiger partial charge < -0.3 is 9.47 Å². The van der Waals surface area contributed by atoms with E-state index in [0.29, 0.717) is 12.3 Å². The number of carbonyl (C=O) groups is 1. The van der Waals surface area contributed by atoms with E-state index in [1.165, 1.54) is 0 Å². The fourth-order valence-corrected chi connectivity index (χ4v) is 2.90. The van der Waals surface area contributed by atoms with Crippen molar-refractivity contribution in [3.05, 3.63) is 29.3 Å². The Labute approximate surface area is 113 Å². The lowest BCUT2D eigenvalue weighted by Crippen LogP contribution is -2.22. The molecule has 3 heteroatoms. The van der Waals surface area contributed by atoms with Crippen molar-refractivity contribution in [3.63, 3.8) is 0 Å². The van der Waals surface area contributed by atoms with Crippen molar-refractivity contribution in [2.75, 3.05) is 19.8 Å². The second-order valence-corrected chi connectivity index (χ2v) is 5.43. The molecular weight excluding hydrogens is 240 g/mol. The number of fused-ring (bicyclic) bond motifs is 1. The van der Waals surface area contributed by atoms with Crippen molar-refractivity contribution in [1.82, 2.24) is 0 Å². The number of benzene rings is 1. The van der Waals surface area contributed by atoms with E-state index in [0.717, 1.165) is 62.4 Å². The molecule has 0 amide bonds. The van der Waals surface area contributed by atoms with E-state index in [1.807, 2.05) is 18.2 Å². The third kappa shape index (κ3) is 2.81. The molecule has 102 valence electrons. The maximum absolute atomic E-state index is 11.9. The first-order valence-corrected chi connectivity index (χ1v) is 7.20. The summed E-state index contributed by atoms with van der Waals surface area (Å²) < 4.78 is 11.3. The van der Waals surface area contributed by atoms with Gasteiger partial charge in [-0.1, -0.05) is 12.1 Å². The van der Waals surface area contributed by atoms with E-state index < -0.39 is 0 Å². The highest BCUT2D eigenvalue weighted by Crippen LogP contribution is 2.30. The molecule has 19 heavy (non-hydrogen) atoms. The molecule has 0 bridgehead atoms. The average molecular weight is 260 g/mol. The number of rotatable bonds is 3. The minimum atomic E-state index is 0.262. The summed E-state index contributed by atoms with van der Waals surface area (Å²) in [6.07, 6.45) is 4.74. The normalized spacial score (nSPS) is 20.1. The summed E-state index contributed by atoms with van der Waals surface area (Å²) in [5.41, 5.74) is 1.99. The van der Waals surface area contributed by atoms with E-state index in [-0.39, 0.29) is 5.78 Å². The molecule has 1 aliphatic heterocycles. The van der Waals surface area contributed by atoms with Crippen LogP contribution in [-0.4, -0.2) is 25.6 Å². The Hall–Kier alpha value is -1.35. The number of hydrogen-bond acceptors (Lipinski definition) is 3. The van der Waals surface area contributed by atoms with Crippen LogP contribution in [0.2, 0.25) is 0 Å². The molecule has 0 unspecified atom stereocenters. The molecule has 0 saturated carbocycles. The van der Waals surface area contributed by atoms with Crippen LogP contribution in [0.25, 0.3) is 0 Å². The third-order valence-electron chi connectivity index (χ3n) is 4.08. The SMILES string of the molecule is O=C1CCCc2c(OCC3CCOCC3)cccc21. The van der Waals surface area contributed by atoms with Gasteiger partial charge in [0.1, 0.15) is 5.75 Å². The average Bonchev–Trinajstić information content (AvgIpc) is 2.47. The molecule has 1 heterocycles. The smallest absolute Gasteiger partial charge is 0.163 e. The van der Waals surface area contributed by atoms with Crippen LogP contribution in [0.5, 0.6) is 5.75 Å². The third-order valence-corrected chi connectivity index (χ3v) is 4.08. The largest absolute Gasteiger partial charge is 0.493 e. The van der Waals surface area contributed by atoms with Crippen molar-refractivity contribution >= 4 is 5.78 Å². The zero-order valence-electron chi connectivity index (χ0n) is 11.2. The molecule has 1 fully saturated rings. The van der Waals surface area contributed by atoms with Crippen LogP contribution in [0, 0.1) is 5.92 Å². The predicted molar refractivity (Wildman–Crippen MR) is 72.7 cm³/mol. The molecule has 1 aromatic rings. The maximum Gasteiger partial charge on any atom is 0.163 e. The summed E-state index contributed by atoms with van der Waals surface area (Å²) in [5.74, 6) is 1.76. The van der Waals surface area contributed by atoms with Gasteiger partial charge >= 0.3 is 0 Å². The summed E-state index contributed by atoms with van der Waals surface area (Å²) >= 11 is 0. The quantitative estimate of drug-likeness (QED) is 0.838. The number of hydrogen-bond donors (Lipinski definition) is 0. The van der Waals surface area contributed by atoms with Gasteiger partial charge in [0, 0.05) is 30.8 Å². The zero-order chi connectivity index (χ0) is 13.1. The van der Waals surface area contributed by atoms with Crippen LogP contribution in [0.3, 0.4) is 0 Å². The van der Waals surface area contributed by atoms with Crippen molar-refractivity contribution < 1.29 is 14.3 Å². The summed E-state index contributed by atoms with van der Waals surface area (Å²) in [7, 11) is 0. The molecule has 2 aliphatic rings. The van der Waals surface area contributed by atoms with E-state index in [4.69, 9.17) is 9.47 Å². The van der Waals surface area contributed by atoms with Gasteiger partial charge in [-0.15, -0.1) is 0 Å². The van der Waals surface area contributed by atoms with Gasteiger partial charge in [-0.05, 0) is 37.7 Å². The second-order valence-electron chi connectivity index (χ2n) is 5.43. The lowest BCUT2D eigenvalue weighted by molar-refractivity contribution is 0.0496. The summed E-state index contributed by atoms with van der Waals surface area (Å²) in [5, 5.41) is 0. The first-order valence-electron chi connectivity index (χ1n) is 7.20. The molecule has 0 aromatic heterocycles. The van der Waals surface area contributed by atoms with Gasteiger partial charge in [0.05, 0.1) is 6.61 Å². The van der Waals surface area contributed by atoms with Crippen LogP contribution in [-0.2, 0) is 11.2 Å². The van der Waals surface area contributed by atoms with E-state index in [2.05, 4.69) is 0 Å². The Kier molecular flexibility index (Phi) is 3.83. The second kappa shape index (κ2) is 5.74. The van der Waals surface area contributed by atoms with E-state index in [9.17, 15) is 4.79 Å². The Morgan fingerprint density at radius 2 is 2.05 bits per heavy atom. The fraction of sp³-hybridized carbons (Fsp3) is 0.562. The standard InChI is InChI=1S/C16H20O3/c17-15-5-1-4-14-13(15)3-2-6-16(14)19-11-12-7-9-18-10-8-12/h2-3,6,12H,1,4-5,7-11H2. The summed E-state index contributed by atoms with van der Waals surface area (Å²) in [6.45, 7) is 2.44. The van der Waals surface area contributed by atoms with Crippen molar-refractivity contribution in [2.45, 2.75) is 32.1 Å². The zero-order valence-corrected chi connectivity index (χ0v) is 11.2. The Morgan fingerprint density at radius 3 is 2.89 bits per heavy atom. The molecule has 3 rings (SSSR count). The lowest BCUT2D eigenvalue weighted by atomic mass is 9.90. The van der Waals surface area contributed by atoms with Gasteiger partial charge in [-0.3, -0.25) is 4.79 Å². The Morgan fingerprint density at radius 1 is 1.21 bits per heavy atom. The van der Waals surface area contributed by atoms with Crippen LogP contribution >= 0.6 is 0 Å². The molecule has 0 radical (unpaired) electrons. The van der Waals surface area contributed by atoms with Gasteiger partial charge in [0.15, 0.2) is 5.78 Å². The number of ether oxygens (including phenoxy) is 2. The van der Waals surface area contributed by atoms with Crippen LogP contribution in [0.1, 0.15) is 41.6 Å². The Bertz CT molecular complexity index is 461. The molecule has 1 aromatic carbocycles. The Balaban J connectivity index is 1.70. The number of carbonyl (C=O) groups excluding carboxylic acids is 1. The molecule has 1 aliphatic carbocycles. The first-order chi connectivity index (χ1) is 9.34. The fourth-order valence-electron chi connectivity index (χ4n) is 2.90. The number of ketones is 1. The molecule has 0 N–H and O–H groups in total. The molecule has 0 spiro atoms. The number of Topliss-reactive ketones (excluding diaryl/α,β-unsaturated/α-hetero) is 1.